The number of aryl methyl sites for hydroxylation is 1. The zero-order chi connectivity index (χ0) is 17.7. The highest BCUT2D eigenvalue weighted by Gasteiger charge is 2.15. The summed E-state index contributed by atoms with van der Waals surface area (Å²) >= 11 is 0. The van der Waals surface area contributed by atoms with Crippen molar-refractivity contribution in [3.05, 3.63) is 65.2 Å². The van der Waals surface area contributed by atoms with Gasteiger partial charge in [-0.25, -0.2) is 8.42 Å². The molecule has 0 aliphatic heterocycles. The van der Waals surface area contributed by atoms with Crippen LogP contribution in [-0.2, 0) is 10.0 Å². The van der Waals surface area contributed by atoms with Crippen LogP contribution in [0.15, 0.2) is 48.5 Å². The van der Waals surface area contributed by atoms with Gasteiger partial charge >= 0.3 is 0 Å². The van der Waals surface area contributed by atoms with Gasteiger partial charge in [-0.3, -0.25) is 9.52 Å². The first-order valence-corrected chi connectivity index (χ1v) is 9.63. The van der Waals surface area contributed by atoms with Crippen molar-refractivity contribution in [1.29, 1.82) is 0 Å². The van der Waals surface area contributed by atoms with E-state index < -0.39 is 10.0 Å². The second-order valence-corrected chi connectivity index (χ2v) is 7.50. The molecular weight excluding hydrogens is 324 g/mol. The Morgan fingerprint density at radius 2 is 1.79 bits per heavy atom. The summed E-state index contributed by atoms with van der Waals surface area (Å²) in [6, 6.07) is 14.6. The van der Waals surface area contributed by atoms with E-state index in [1.807, 2.05) is 37.3 Å². The highest BCUT2D eigenvalue weighted by Crippen LogP contribution is 2.20. The zero-order valence-electron chi connectivity index (χ0n) is 14.0. The van der Waals surface area contributed by atoms with Gasteiger partial charge in [0.05, 0.1) is 18.0 Å². The molecular formula is C18H22N2O3S. The fraction of sp³-hybridized carbons (Fsp3) is 0.278. The number of amides is 1. The second-order valence-electron chi connectivity index (χ2n) is 5.75. The third-order valence-electron chi connectivity index (χ3n) is 3.70. The van der Waals surface area contributed by atoms with Crippen LogP contribution in [0.3, 0.4) is 0 Å². The number of anilines is 1. The lowest BCUT2D eigenvalue weighted by Gasteiger charge is -2.18. The van der Waals surface area contributed by atoms with E-state index in [-0.39, 0.29) is 11.9 Å². The molecule has 5 nitrogen and oxygen atoms in total. The van der Waals surface area contributed by atoms with E-state index in [0.717, 1.165) is 18.2 Å². The first-order chi connectivity index (χ1) is 11.3. The van der Waals surface area contributed by atoms with Gasteiger partial charge in [-0.05, 0) is 42.7 Å². The van der Waals surface area contributed by atoms with Gasteiger partial charge in [0.2, 0.25) is 10.0 Å². The minimum atomic E-state index is -3.34. The lowest BCUT2D eigenvalue weighted by molar-refractivity contribution is 0.0935. The van der Waals surface area contributed by atoms with Crippen molar-refractivity contribution in [2.24, 2.45) is 0 Å². The number of carbonyl (C=O) groups excluding carboxylic acids is 1. The molecule has 0 spiro atoms. The molecule has 2 aromatic carbocycles. The lowest BCUT2D eigenvalue weighted by atomic mass is 10.0. The maximum atomic E-state index is 12.5. The fourth-order valence-electron chi connectivity index (χ4n) is 2.47. The Labute approximate surface area is 143 Å². The van der Waals surface area contributed by atoms with Crippen LogP contribution in [0.2, 0.25) is 0 Å². The normalized spacial score (nSPS) is 12.5. The zero-order valence-corrected chi connectivity index (χ0v) is 14.9. The monoisotopic (exact) mass is 346 g/mol. The predicted molar refractivity (Wildman–Crippen MR) is 96.6 cm³/mol. The van der Waals surface area contributed by atoms with Gasteiger partial charge in [0.15, 0.2) is 0 Å². The van der Waals surface area contributed by atoms with Crippen LogP contribution in [0.25, 0.3) is 0 Å². The molecule has 0 bridgehead atoms. The third kappa shape index (κ3) is 4.83. The van der Waals surface area contributed by atoms with E-state index in [0.29, 0.717) is 16.8 Å². The summed E-state index contributed by atoms with van der Waals surface area (Å²) in [5.41, 5.74) is 2.73. The Morgan fingerprint density at radius 3 is 2.33 bits per heavy atom. The van der Waals surface area contributed by atoms with E-state index in [9.17, 15) is 13.2 Å². The van der Waals surface area contributed by atoms with Crippen molar-refractivity contribution in [3.63, 3.8) is 0 Å². The topological polar surface area (TPSA) is 75.3 Å². The first-order valence-electron chi connectivity index (χ1n) is 7.74. The molecule has 1 atom stereocenters. The van der Waals surface area contributed by atoms with Crippen molar-refractivity contribution >= 4 is 21.6 Å². The Balaban J connectivity index is 2.16. The third-order valence-corrected chi connectivity index (χ3v) is 4.29. The molecule has 2 rings (SSSR count). The maximum Gasteiger partial charge on any atom is 0.251 e. The summed E-state index contributed by atoms with van der Waals surface area (Å²) in [6.07, 6.45) is 1.88. The van der Waals surface area contributed by atoms with E-state index in [1.165, 1.54) is 0 Å². The fourth-order valence-corrected chi connectivity index (χ4v) is 3.10. The quantitative estimate of drug-likeness (QED) is 0.843. The first kappa shape index (κ1) is 18.0. The van der Waals surface area contributed by atoms with Gasteiger partial charge in [-0.2, -0.15) is 0 Å². The number of hydrogen-bond donors (Lipinski definition) is 2. The summed E-state index contributed by atoms with van der Waals surface area (Å²) in [4.78, 5) is 12.5. The summed E-state index contributed by atoms with van der Waals surface area (Å²) in [5, 5.41) is 3.02. The number of rotatable bonds is 6. The molecule has 0 aromatic heterocycles. The molecule has 24 heavy (non-hydrogen) atoms. The highest BCUT2D eigenvalue weighted by atomic mass is 32.2. The average molecular weight is 346 g/mol. The number of hydrogen-bond acceptors (Lipinski definition) is 3. The van der Waals surface area contributed by atoms with Crippen molar-refractivity contribution < 1.29 is 13.2 Å². The second kappa shape index (κ2) is 7.49. The van der Waals surface area contributed by atoms with Crippen molar-refractivity contribution in [1.82, 2.24) is 5.32 Å². The Kier molecular flexibility index (Phi) is 5.62. The molecule has 2 N–H and O–H groups in total. The maximum absolute atomic E-state index is 12.5. The molecule has 0 saturated carbocycles. The Hall–Kier alpha value is -2.34. The van der Waals surface area contributed by atoms with Crippen molar-refractivity contribution in [2.75, 3.05) is 11.0 Å². The minimum Gasteiger partial charge on any atom is -0.345 e. The predicted octanol–water partition coefficient (Wildman–Crippen LogP) is 3.25. The Bertz CT molecular complexity index is 817. The summed E-state index contributed by atoms with van der Waals surface area (Å²) < 4.78 is 25.1. The van der Waals surface area contributed by atoms with Gasteiger partial charge in [-0.15, -0.1) is 0 Å². The molecule has 128 valence electrons. The van der Waals surface area contributed by atoms with Crippen LogP contribution in [0.5, 0.6) is 0 Å². The van der Waals surface area contributed by atoms with E-state index in [2.05, 4.69) is 10.0 Å². The molecule has 0 aliphatic rings. The molecule has 0 heterocycles. The van der Waals surface area contributed by atoms with Crippen LogP contribution in [0.4, 0.5) is 5.69 Å². The van der Waals surface area contributed by atoms with Crippen LogP contribution in [0.1, 0.15) is 40.9 Å². The van der Waals surface area contributed by atoms with Crippen LogP contribution < -0.4 is 10.0 Å². The summed E-state index contributed by atoms with van der Waals surface area (Å²) in [5.74, 6) is -0.181. The largest absolute Gasteiger partial charge is 0.345 e. The van der Waals surface area contributed by atoms with Crippen LogP contribution in [-0.4, -0.2) is 20.6 Å². The molecule has 2 aromatic rings. The summed E-state index contributed by atoms with van der Waals surface area (Å²) in [6.45, 7) is 3.78. The Morgan fingerprint density at radius 1 is 1.12 bits per heavy atom. The van der Waals surface area contributed by atoms with Crippen molar-refractivity contribution in [3.8, 4) is 0 Å². The van der Waals surface area contributed by atoms with Gasteiger partial charge in [-0.1, -0.05) is 37.3 Å². The number of carbonyl (C=O) groups is 1. The molecule has 0 aliphatic carbocycles. The standard InChI is InChI=1S/C18H22N2O3S/c1-4-16(14-8-6-5-7-9-14)19-18(21)15-10-11-17(13(2)12-15)20-24(3,22)23/h5-12,16,20H,4H2,1-3H3,(H,19,21)/t16-/m1/s1. The van der Waals surface area contributed by atoms with Gasteiger partial charge in [0.1, 0.15) is 0 Å². The number of benzene rings is 2. The van der Waals surface area contributed by atoms with Crippen LogP contribution in [0, 0.1) is 6.92 Å². The minimum absolute atomic E-state index is 0.0622. The average Bonchev–Trinajstić information content (AvgIpc) is 2.54. The SMILES string of the molecule is CC[C@@H](NC(=O)c1ccc(NS(C)(=O)=O)c(C)c1)c1ccccc1. The van der Waals surface area contributed by atoms with Gasteiger partial charge in [0, 0.05) is 5.56 Å². The van der Waals surface area contributed by atoms with Crippen molar-refractivity contribution in [2.45, 2.75) is 26.3 Å². The molecule has 0 unspecified atom stereocenters. The van der Waals surface area contributed by atoms with Gasteiger partial charge < -0.3 is 5.32 Å². The molecule has 6 heteroatoms. The van der Waals surface area contributed by atoms with E-state index >= 15 is 0 Å². The molecule has 0 fully saturated rings. The van der Waals surface area contributed by atoms with E-state index in [4.69, 9.17) is 0 Å². The smallest absolute Gasteiger partial charge is 0.251 e. The highest BCUT2D eigenvalue weighted by molar-refractivity contribution is 7.92. The molecule has 0 saturated heterocycles. The number of nitrogens with one attached hydrogen (secondary N) is 2. The lowest BCUT2D eigenvalue weighted by Crippen LogP contribution is -2.28. The number of sulfonamides is 1. The van der Waals surface area contributed by atoms with Crippen LogP contribution >= 0.6 is 0 Å². The summed E-state index contributed by atoms with van der Waals surface area (Å²) in [7, 11) is -3.34. The molecule has 0 radical (unpaired) electrons. The molecule has 1 amide bonds. The van der Waals surface area contributed by atoms with Gasteiger partial charge in [0.25, 0.3) is 5.91 Å². The van der Waals surface area contributed by atoms with E-state index in [1.54, 1.807) is 25.1 Å².